The van der Waals surface area contributed by atoms with E-state index in [1.54, 1.807) is 13.8 Å². The van der Waals surface area contributed by atoms with Gasteiger partial charge < -0.3 is 20.3 Å². The molecule has 0 unspecified atom stereocenters. The van der Waals surface area contributed by atoms with Crippen molar-refractivity contribution in [1.29, 1.82) is 0 Å². The largest absolute Gasteiger partial charge is 0.384 e. The van der Waals surface area contributed by atoms with E-state index >= 15 is 0 Å². The van der Waals surface area contributed by atoms with Crippen LogP contribution in [0.1, 0.15) is 43.6 Å². The van der Waals surface area contributed by atoms with Crippen molar-refractivity contribution in [2.75, 3.05) is 6.54 Å². The number of nitrogens with one attached hydrogen (secondary N) is 2. The third kappa shape index (κ3) is 4.51. The molecule has 2 atom stereocenters. The van der Waals surface area contributed by atoms with Crippen LogP contribution in [0.25, 0.3) is 0 Å². The molecule has 130 valence electrons. The first kappa shape index (κ1) is 17.9. The number of hydrogen-bond acceptors (Lipinski definition) is 5. The maximum atomic E-state index is 13.0. The number of rotatable bonds is 6. The minimum atomic E-state index is -1.32. The molecule has 0 spiro atoms. The number of urea groups is 1. The number of aryl methyl sites for hydroxylation is 1. The molecule has 2 aromatic rings. The summed E-state index contributed by atoms with van der Waals surface area (Å²) in [5, 5.41) is 19.5. The second-order valence-electron chi connectivity index (χ2n) is 5.74. The van der Waals surface area contributed by atoms with Crippen molar-refractivity contribution >= 4 is 6.03 Å². The first-order valence-corrected chi connectivity index (χ1v) is 7.65. The summed E-state index contributed by atoms with van der Waals surface area (Å²) < 4.78 is 17.9. The predicted molar refractivity (Wildman–Crippen MR) is 84.6 cm³/mol. The zero-order chi connectivity index (χ0) is 17.7. The van der Waals surface area contributed by atoms with Crippen LogP contribution in [0.2, 0.25) is 0 Å². The van der Waals surface area contributed by atoms with Gasteiger partial charge >= 0.3 is 6.03 Å². The Kier molecular flexibility index (Phi) is 5.50. The zero-order valence-corrected chi connectivity index (χ0v) is 13.8. The van der Waals surface area contributed by atoms with Gasteiger partial charge in [-0.2, -0.15) is 4.98 Å². The van der Waals surface area contributed by atoms with Crippen LogP contribution < -0.4 is 10.6 Å². The van der Waals surface area contributed by atoms with Crippen LogP contribution in [0.5, 0.6) is 0 Å². The van der Waals surface area contributed by atoms with Gasteiger partial charge in [-0.1, -0.05) is 24.2 Å². The van der Waals surface area contributed by atoms with Crippen molar-refractivity contribution in [2.24, 2.45) is 0 Å². The molecule has 0 aliphatic heterocycles. The summed E-state index contributed by atoms with van der Waals surface area (Å²) in [6, 6.07) is 4.62. The number of amides is 2. The molecule has 1 heterocycles. The van der Waals surface area contributed by atoms with E-state index in [1.165, 1.54) is 24.3 Å². The van der Waals surface area contributed by atoms with Crippen LogP contribution in [0.15, 0.2) is 28.8 Å². The highest BCUT2D eigenvalue weighted by Gasteiger charge is 2.25. The van der Waals surface area contributed by atoms with Crippen LogP contribution in [0.3, 0.4) is 0 Å². The van der Waals surface area contributed by atoms with Crippen molar-refractivity contribution in [2.45, 2.75) is 38.8 Å². The summed E-state index contributed by atoms with van der Waals surface area (Å²) in [5.74, 6) is 0.432. The zero-order valence-electron chi connectivity index (χ0n) is 13.8. The number of aliphatic hydroxyl groups is 1. The Morgan fingerprint density at radius 3 is 2.62 bits per heavy atom. The minimum absolute atomic E-state index is 0.0355. The molecule has 0 aliphatic carbocycles. The van der Waals surface area contributed by atoms with E-state index in [0.717, 1.165) is 0 Å². The number of aromatic nitrogens is 2. The highest BCUT2D eigenvalue weighted by atomic mass is 19.1. The molecule has 8 heteroatoms. The molecule has 0 radical (unpaired) electrons. The number of benzene rings is 1. The molecular weight excluding hydrogens is 315 g/mol. The molecular formula is C16H21FN4O3. The lowest BCUT2D eigenvalue weighted by atomic mass is 9.96. The molecule has 0 saturated heterocycles. The summed E-state index contributed by atoms with van der Waals surface area (Å²) in [7, 11) is 0. The Morgan fingerprint density at radius 2 is 2.08 bits per heavy atom. The van der Waals surface area contributed by atoms with Crippen molar-refractivity contribution in [3.8, 4) is 0 Å². The minimum Gasteiger partial charge on any atom is -0.384 e. The molecule has 0 saturated carbocycles. The monoisotopic (exact) mass is 336 g/mol. The van der Waals surface area contributed by atoms with Crippen LogP contribution in [0.4, 0.5) is 9.18 Å². The standard InChI is InChI=1S/C16H21FN4O3/c1-4-13(14-19-10(2)24-21-14)20-15(22)18-9-16(3,23)11-5-7-12(17)8-6-11/h5-8,13,23H,4,9H2,1-3H3,(H2,18,20,22)/t13-,16+/m1/s1. The second kappa shape index (κ2) is 7.39. The van der Waals surface area contributed by atoms with Gasteiger partial charge in [-0.05, 0) is 31.0 Å². The van der Waals surface area contributed by atoms with Gasteiger partial charge in [-0.25, -0.2) is 9.18 Å². The van der Waals surface area contributed by atoms with E-state index in [0.29, 0.717) is 23.7 Å². The Hall–Kier alpha value is -2.48. The quantitative estimate of drug-likeness (QED) is 0.751. The fourth-order valence-electron chi connectivity index (χ4n) is 2.18. The number of hydrogen-bond donors (Lipinski definition) is 3. The lowest BCUT2D eigenvalue weighted by Crippen LogP contribution is -2.44. The number of carbonyl (C=O) groups is 1. The van der Waals surface area contributed by atoms with Crippen LogP contribution in [-0.2, 0) is 5.60 Å². The third-order valence-corrected chi connectivity index (χ3v) is 3.63. The first-order chi connectivity index (χ1) is 11.3. The van der Waals surface area contributed by atoms with Gasteiger partial charge in [0.05, 0.1) is 12.6 Å². The Labute approximate surface area is 139 Å². The molecule has 3 N–H and O–H groups in total. The average Bonchev–Trinajstić information content (AvgIpc) is 2.97. The van der Waals surface area contributed by atoms with Crippen LogP contribution >= 0.6 is 0 Å². The van der Waals surface area contributed by atoms with Gasteiger partial charge in [0.25, 0.3) is 0 Å². The highest BCUT2D eigenvalue weighted by molar-refractivity contribution is 5.74. The van der Waals surface area contributed by atoms with Crippen LogP contribution in [-0.4, -0.2) is 27.8 Å². The molecule has 24 heavy (non-hydrogen) atoms. The molecule has 0 fully saturated rings. The SMILES string of the molecule is CC[C@@H](NC(=O)NC[C@](C)(O)c1ccc(F)cc1)c1noc(C)n1. The lowest BCUT2D eigenvalue weighted by molar-refractivity contribution is 0.0591. The Morgan fingerprint density at radius 1 is 1.42 bits per heavy atom. The fraction of sp³-hybridized carbons (Fsp3) is 0.438. The maximum absolute atomic E-state index is 13.0. The average molecular weight is 336 g/mol. The molecule has 1 aromatic heterocycles. The number of halogens is 1. The molecule has 7 nitrogen and oxygen atoms in total. The van der Waals surface area contributed by atoms with Crippen molar-refractivity contribution in [3.63, 3.8) is 0 Å². The molecule has 0 bridgehead atoms. The highest BCUT2D eigenvalue weighted by Crippen LogP contribution is 2.20. The smallest absolute Gasteiger partial charge is 0.315 e. The molecule has 2 rings (SSSR count). The summed E-state index contributed by atoms with van der Waals surface area (Å²) in [4.78, 5) is 16.1. The molecule has 1 aromatic carbocycles. The van der Waals surface area contributed by atoms with E-state index in [-0.39, 0.29) is 12.4 Å². The fourth-order valence-corrected chi connectivity index (χ4v) is 2.18. The third-order valence-electron chi connectivity index (χ3n) is 3.63. The normalized spacial score (nSPS) is 14.7. The van der Waals surface area contributed by atoms with E-state index < -0.39 is 17.7 Å². The maximum Gasteiger partial charge on any atom is 0.315 e. The summed E-state index contributed by atoms with van der Waals surface area (Å²) >= 11 is 0. The van der Waals surface area contributed by atoms with Gasteiger partial charge in [0.15, 0.2) is 5.82 Å². The van der Waals surface area contributed by atoms with Gasteiger partial charge in [0, 0.05) is 6.92 Å². The topological polar surface area (TPSA) is 100 Å². The van der Waals surface area contributed by atoms with Gasteiger partial charge in [0.1, 0.15) is 11.4 Å². The summed E-state index contributed by atoms with van der Waals surface area (Å²) in [6.07, 6.45) is 0.584. The summed E-state index contributed by atoms with van der Waals surface area (Å²) in [5.41, 5.74) is -0.819. The second-order valence-corrected chi connectivity index (χ2v) is 5.74. The Bertz CT molecular complexity index is 685. The number of carbonyl (C=O) groups excluding carboxylic acids is 1. The summed E-state index contributed by atoms with van der Waals surface area (Å²) in [6.45, 7) is 5.06. The lowest BCUT2D eigenvalue weighted by Gasteiger charge is -2.25. The molecule has 2 amide bonds. The predicted octanol–water partition coefficient (Wildman–Crippen LogP) is 2.18. The first-order valence-electron chi connectivity index (χ1n) is 7.65. The van der Waals surface area contributed by atoms with E-state index in [9.17, 15) is 14.3 Å². The molecule has 0 aliphatic rings. The van der Waals surface area contributed by atoms with Gasteiger partial charge in [-0.3, -0.25) is 0 Å². The van der Waals surface area contributed by atoms with Crippen molar-refractivity contribution in [1.82, 2.24) is 20.8 Å². The van der Waals surface area contributed by atoms with E-state index in [4.69, 9.17) is 4.52 Å². The number of nitrogens with zero attached hydrogens (tertiary/aromatic N) is 2. The van der Waals surface area contributed by atoms with E-state index in [1.807, 2.05) is 6.92 Å². The van der Waals surface area contributed by atoms with Crippen molar-refractivity contribution in [3.05, 3.63) is 47.4 Å². The Balaban J connectivity index is 1.93. The van der Waals surface area contributed by atoms with Crippen molar-refractivity contribution < 1.29 is 18.8 Å². The van der Waals surface area contributed by atoms with Gasteiger partial charge in [-0.15, -0.1) is 0 Å². The van der Waals surface area contributed by atoms with E-state index in [2.05, 4.69) is 20.8 Å². The van der Waals surface area contributed by atoms with Gasteiger partial charge in [0.2, 0.25) is 5.89 Å². The van der Waals surface area contributed by atoms with Crippen LogP contribution in [0, 0.1) is 12.7 Å².